The standard InChI is InChI=1S/C27H26FNO5/c1-12-9-20(31)17-11-16-14(6-7-15-22(16)26(34)29(25(15)33)27(2,3)4)21(23(17)24(12)32)13-5-8-19(30)18(28)10-13/h5-6,8-10,15-16,21-22,30H,7,11H2,1-4H3/t15-,16+,21-,22-/m0/s1. The molecule has 1 aromatic rings. The summed E-state index contributed by atoms with van der Waals surface area (Å²) in [5, 5.41) is 9.72. The fraction of sp³-hybridized carbons (Fsp3) is 0.407. The number of aromatic hydroxyl groups is 1. The molecule has 1 N–H and O–H groups in total. The fourth-order valence-corrected chi connectivity index (χ4v) is 6.10. The van der Waals surface area contributed by atoms with Crippen molar-refractivity contribution < 1.29 is 28.7 Å². The lowest BCUT2D eigenvalue weighted by Crippen LogP contribution is -2.46. The minimum absolute atomic E-state index is 0.185. The van der Waals surface area contributed by atoms with Crippen molar-refractivity contribution in [2.24, 2.45) is 17.8 Å². The van der Waals surface area contributed by atoms with Gasteiger partial charge in [-0.2, -0.15) is 0 Å². The van der Waals surface area contributed by atoms with Crippen LogP contribution in [0, 0.1) is 23.6 Å². The summed E-state index contributed by atoms with van der Waals surface area (Å²) in [4.78, 5) is 54.4. The van der Waals surface area contributed by atoms with Gasteiger partial charge >= 0.3 is 0 Å². The molecule has 6 nitrogen and oxygen atoms in total. The lowest BCUT2D eigenvalue weighted by atomic mass is 9.59. The van der Waals surface area contributed by atoms with Gasteiger partial charge in [0.15, 0.2) is 23.1 Å². The molecule has 1 saturated heterocycles. The number of Topliss-reactive ketones (excluding diaryl/α,β-unsaturated/α-hetero) is 1. The highest BCUT2D eigenvalue weighted by Gasteiger charge is 2.58. The van der Waals surface area contributed by atoms with Gasteiger partial charge in [0.1, 0.15) is 0 Å². The van der Waals surface area contributed by atoms with E-state index in [1.54, 1.807) is 6.92 Å². The van der Waals surface area contributed by atoms with E-state index in [0.29, 0.717) is 28.7 Å². The van der Waals surface area contributed by atoms with Gasteiger partial charge in [0.25, 0.3) is 0 Å². The molecule has 0 unspecified atom stereocenters. The van der Waals surface area contributed by atoms with Crippen molar-refractivity contribution in [2.45, 2.75) is 52.0 Å². The van der Waals surface area contributed by atoms with Crippen molar-refractivity contribution in [1.82, 2.24) is 4.90 Å². The summed E-state index contributed by atoms with van der Waals surface area (Å²) in [5.74, 6) is -4.73. The van der Waals surface area contributed by atoms with Crippen molar-refractivity contribution in [3.63, 3.8) is 0 Å². The Balaban J connectivity index is 1.69. The topological polar surface area (TPSA) is 91.8 Å². The molecule has 176 valence electrons. The summed E-state index contributed by atoms with van der Waals surface area (Å²) in [7, 11) is 0. The number of hydrogen-bond acceptors (Lipinski definition) is 5. The first-order valence-corrected chi connectivity index (χ1v) is 11.5. The third-order valence-corrected chi connectivity index (χ3v) is 7.54. The van der Waals surface area contributed by atoms with Crippen LogP contribution < -0.4 is 0 Å². The van der Waals surface area contributed by atoms with Crippen LogP contribution in [0.2, 0.25) is 0 Å². The van der Waals surface area contributed by atoms with Gasteiger partial charge in [-0.15, -0.1) is 0 Å². The number of nitrogens with zero attached hydrogens (tertiary/aromatic N) is 1. The zero-order valence-corrected chi connectivity index (χ0v) is 19.5. The number of phenolic OH excluding ortho intramolecular Hbond substituents is 1. The molecule has 0 radical (unpaired) electrons. The molecule has 2 amide bonds. The Hall–Kier alpha value is -3.35. The average molecular weight is 464 g/mol. The predicted molar refractivity (Wildman–Crippen MR) is 121 cm³/mol. The molecule has 0 spiro atoms. The van der Waals surface area contributed by atoms with E-state index in [1.807, 2.05) is 26.8 Å². The second-order valence-corrected chi connectivity index (χ2v) is 10.6. The fourth-order valence-electron chi connectivity index (χ4n) is 6.10. The maximum Gasteiger partial charge on any atom is 0.234 e. The summed E-state index contributed by atoms with van der Waals surface area (Å²) in [5.41, 5.74) is 1.45. The molecule has 7 heteroatoms. The molecular formula is C27H26FNO5. The highest BCUT2D eigenvalue weighted by molar-refractivity contribution is 6.23. The van der Waals surface area contributed by atoms with Gasteiger partial charge in [0.2, 0.25) is 11.8 Å². The van der Waals surface area contributed by atoms with Crippen molar-refractivity contribution in [3.8, 4) is 5.75 Å². The molecule has 4 aliphatic rings. The van der Waals surface area contributed by atoms with Crippen LogP contribution in [0.1, 0.15) is 52.0 Å². The minimum atomic E-state index is -0.830. The smallest absolute Gasteiger partial charge is 0.234 e. The number of rotatable bonds is 1. The number of benzene rings is 1. The zero-order valence-electron chi connectivity index (χ0n) is 19.5. The second kappa shape index (κ2) is 7.32. The van der Waals surface area contributed by atoms with Crippen LogP contribution in [-0.2, 0) is 19.2 Å². The predicted octanol–water partition coefficient (Wildman–Crippen LogP) is 3.76. The van der Waals surface area contributed by atoms with E-state index >= 15 is 0 Å². The van der Waals surface area contributed by atoms with E-state index in [0.717, 1.165) is 5.57 Å². The number of ketones is 2. The van der Waals surface area contributed by atoms with Crippen LogP contribution in [-0.4, -0.2) is 38.9 Å². The number of allylic oxidation sites excluding steroid dienone is 6. The Bertz CT molecular complexity index is 1280. The molecule has 0 aromatic heterocycles. The third-order valence-electron chi connectivity index (χ3n) is 7.54. The lowest BCUT2D eigenvalue weighted by Gasteiger charge is -2.42. The Morgan fingerprint density at radius 2 is 1.76 bits per heavy atom. The number of fused-ring (bicyclic) bond motifs is 3. The molecule has 5 rings (SSSR count). The van der Waals surface area contributed by atoms with Crippen molar-refractivity contribution in [1.29, 1.82) is 0 Å². The molecule has 1 aromatic carbocycles. The van der Waals surface area contributed by atoms with E-state index in [1.165, 1.54) is 29.2 Å². The minimum Gasteiger partial charge on any atom is -0.505 e. The number of carbonyl (C=O) groups is 4. The highest BCUT2D eigenvalue weighted by Crippen LogP contribution is 2.55. The third kappa shape index (κ3) is 3.06. The lowest BCUT2D eigenvalue weighted by molar-refractivity contribution is -0.145. The summed E-state index contributed by atoms with van der Waals surface area (Å²) >= 11 is 0. The molecule has 1 aliphatic heterocycles. The monoisotopic (exact) mass is 463 g/mol. The van der Waals surface area contributed by atoms with E-state index < -0.39 is 40.8 Å². The number of amides is 2. The van der Waals surface area contributed by atoms with Crippen LogP contribution in [0.4, 0.5) is 4.39 Å². The first-order chi connectivity index (χ1) is 15.9. The largest absolute Gasteiger partial charge is 0.505 e. The second-order valence-electron chi connectivity index (χ2n) is 10.6. The number of hydrogen-bond donors (Lipinski definition) is 1. The average Bonchev–Trinajstić information content (AvgIpc) is 3.03. The molecule has 1 fully saturated rings. The Morgan fingerprint density at radius 3 is 2.41 bits per heavy atom. The van der Waals surface area contributed by atoms with E-state index in [9.17, 15) is 28.7 Å². The molecule has 1 heterocycles. The van der Waals surface area contributed by atoms with Crippen LogP contribution in [0.15, 0.2) is 52.6 Å². The van der Waals surface area contributed by atoms with Crippen LogP contribution in [0.5, 0.6) is 5.75 Å². The van der Waals surface area contributed by atoms with E-state index in [2.05, 4.69) is 0 Å². The van der Waals surface area contributed by atoms with Gasteiger partial charge in [-0.1, -0.05) is 17.7 Å². The van der Waals surface area contributed by atoms with Crippen molar-refractivity contribution >= 4 is 23.4 Å². The van der Waals surface area contributed by atoms with E-state index in [4.69, 9.17) is 0 Å². The summed E-state index contributed by atoms with van der Waals surface area (Å²) in [6.07, 6.45) is 3.73. The maximum atomic E-state index is 14.4. The van der Waals surface area contributed by atoms with Gasteiger partial charge in [-0.25, -0.2) is 4.39 Å². The first-order valence-electron chi connectivity index (χ1n) is 11.5. The van der Waals surface area contributed by atoms with Gasteiger partial charge in [0, 0.05) is 28.2 Å². The number of phenols is 1. The van der Waals surface area contributed by atoms with Crippen molar-refractivity contribution in [2.75, 3.05) is 0 Å². The Morgan fingerprint density at radius 1 is 1.06 bits per heavy atom. The number of imide groups is 1. The van der Waals surface area contributed by atoms with E-state index in [-0.39, 0.29) is 29.8 Å². The van der Waals surface area contributed by atoms with Crippen LogP contribution >= 0.6 is 0 Å². The number of carbonyl (C=O) groups excluding carboxylic acids is 4. The Kier molecular flexibility index (Phi) is 4.83. The van der Waals surface area contributed by atoms with Crippen molar-refractivity contribution in [3.05, 3.63) is 64.0 Å². The van der Waals surface area contributed by atoms with Gasteiger partial charge < -0.3 is 5.11 Å². The number of halogens is 1. The quantitative estimate of drug-likeness (QED) is 0.389. The van der Waals surface area contributed by atoms with Gasteiger partial charge in [-0.05, 0) is 70.2 Å². The SMILES string of the molecule is CC1=CC(=O)C2=C(C1=O)[C@@H](c1ccc(O)c(F)c1)C1=CC[C@@H]3C(=O)N(C(C)(C)C)C(=O)[C@@H]3[C@@H]1C2. The number of likely N-dealkylation sites (tertiary alicyclic amines) is 1. The first kappa shape index (κ1) is 22.4. The molecule has 34 heavy (non-hydrogen) atoms. The molecule has 0 saturated carbocycles. The highest BCUT2D eigenvalue weighted by atomic mass is 19.1. The Labute approximate surface area is 196 Å². The van der Waals surface area contributed by atoms with Gasteiger partial charge in [-0.3, -0.25) is 24.1 Å². The zero-order chi connectivity index (χ0) is 24.7. The molecule has 3 aliphatic carbocycles. The summed E-state index contributed by atoms with van der Waals surface area (Å²) < 4.78 is 14.4. The van der Waals surface area contributed by atoms with Crippen LogP contribution in [0.25, 0.3) is 0 Å². The normalized spacial score (nSPS) is 29.0. The molecule has 0 bridgehead atoms. The summed E-state index contributed by atoms with van der Waals surface area (Å²) in [6.45, 7) is 7.02. The van der Waals surface area contributed by atoms with Crippen LogP contribution in [0.3, 0.4) is 0 Å². The maximum absolute atomic E-state index is 14.4. The summed E-state index contributed by atoms with van der Waals surface area (Å²) in [6, 6.07) is 3.94. The molecular weight excluding hydrogens is 437 g/mol. The van der Waals surface area contributed by atoms with Gasteiger partial charge in [0.05, 0.1) is 11.8 Å². The molecule has 4 atom stereocenters.